The van der Waals surface area contributed by atoms with E-state index in [4.69, 9.17) is 0 Å². The Hall–Kier alpha value is -1.58. The highest BCUT2D eigenvalue weighted by Crippen LogP contribution is 2.23. The van der Waals surface area contributed by atoms with Crippen molar-refractivity contribution in [3.05, 3.63) is 29.4 Å². The van der Waals surface area contributed by atoms with E-state index in [9.17, 15) is 8.42 Å². The maximum Gasteiger partial charge on any atom is 0.273 e. The maximum absolute atomic E-state index is 12.1. The molecule has 2 aromatic rings. The molecule has 0 radical (unpaired) electrons. The Balaban J connectivity index is 1.70. The summed E-state index contributed by atoms with van der Waals surface area (Å²) in [7, 11) is -3.64. The highest BCUT2D eigenvalue weighted by molar-refractivity contribution is 7.94. The third-order valence-corrected chi connectivity index (χ3v) is 5.59. The zero-order valence-corrected chi connectivity index (χ0v) is 12.1. The van der Waals surface area contributed by atoms with Gasteiger partial charge in [0.15, 0.2) is 0 Å². The van der Waals surface area contributed by atoms with Crippen LogP contribution in [0.2, 0.25) is 0 Å². The Morgan fingerprint density at radius 3 is 2.90 bits per heavy atom. The fourth-order valence-corrected chi connectivity index (χ4v) is 3.76. The number of nitrogens with one attached hydrogen (secondary N) is 2. The van der Waals surface area contributed by atoms with Crippen LogP contribution in [0, 0.1) is 0 Å². The van der Waals surface area contributed by atoms with E-state index >= 15 is 0 Å². The lowest BCUT2D eigenvalue weighted by atomic mass is 10.3. The predicted octanol–water partition coefficient (Wildman–Crippen LogP) is 0.986. The SMILES string of the molecule is O=S(=O)(Nc1nccnn1)c1cc(CNC2CC2)cs1. The van der Waals surface area contributed by atoms with Gasteiger partial charge in [0.05, 0.1) is 12.4 Å². The number of thiophene rings is 1. The molecule has 0 aromatic carbocycles. The van der Waals surface area contributed by atoms with Gasteiger partial charge in [0.25, 0.3) is 16.0 Å². The Kier molecular flexibility index (Phi) is 3.64. The first-order valence-electron chi connectivity index (χ1n) is 6.11. The number of rotatable bonds is 6. The summed E-state index contributed by atoms with van der Waals surface area (Å²) in [6.07, 6.45) is 5.17. The van der Waals surface area contributed by atoms with Gasteiger partial charge in [0, 0.05) is 12.6 Å². The zero-order valence-electron chi connectivity index (χ0n) is 10.5. The van der Waals surface area contributed by atoms with Crippen LogP contribution in [0.25, 0.3) is 0 Å². The van der Waals surface area contributed by atoms with Crippen LogP contribution >= 0.6 is 11.3 Å². The largest absolute Gasteiger partial charge is 0.310 e. The summed E-state index contributed by atoms with van der Waals surface area (Å²) in [5.41, 5.74) is 0.967. The molecule has 0 amide bonds. The molecule has 1 saturated carbocycles. The minimum Gasteiger partial charge on any atom is -0.310 e. The monoisotopic (exact) mass is 311 g/mol. The summed E-state index contributed by atoms with van der Waals surface area (Å²) in [6, 6.07) is 2.26. The molecule has 1 aliphatic carbocycles. The number of hydrogen-bond acceptors (Lipinski definition) is 7. The van der Waals surface area contributed by atoms with Gasteiger partial charge in [0.1, 0.15) is 4.21 Å². The summed E-state index contributed by atoms with van der Waals surface area (Å²) < 4.78 is 26.8. The van der Waals surface area contributed by atoms with E-state index in [0.29, 0.717) is 12.6 Å². The molecule has 0 unspecified atom stereocenters. The fraction of sp³-hybridized carbons (Fsp3) is 0.364. The summed E-state index contributed by atoms with van der Waals surface area (Å²) in [5, 5.41) is 12.4. The first kappa shape index (κ1) is 13.4. The number of hydrogen-bond donors (Lipinski definition) is 2. The third kappa shape index (κ3) is 3.30. The average Bonchev–Trinajstić information content (AvgIpc) is 3.13. The van der Waals surface area contributed by atoms with E-state index in [1.807, 2.05) is 5.38 Å². The first-order chi connectivity index (χ1) is 9.63. The van der Waals surface area contributed by atoms with Crippen molar-refractivity contribution in [2.45, 2.75) is 29.6 Å². The summed E-state index contributed by atoms with van der Waals surface area (Å²) in [6.45, 7) is 0.695. The van der Waals surface area contributed by atoms with Crippen molar-refractivity contribution >= 4 is 27.3 Å². The number of sulfonamides is 1. The summed E-state index contributed by atoms with van der Waals surface area (Å²) in [4.78, 5) is 3.79. The fourth-order valence-electron chi connectivity index (χ4n) is 1.60. The van der Waals surface area contributed by atoms with Crippen LogP contribution in [-0.4, -0.2) is 29.6 Å². The lowest BCUT2D eigenvalue weighted by Gasteiger charge is -2.02. The van der Waals surface area contributed by atoms with Crippen LogP contribution in [0.3, 0.4) is 0 Å². The topological polar surface area (TPSA) is 96.9 Å². The molecule has 20 heavy (non-hydrogen) atoms. The molecule has 0 spiro atoms. The van der Waals surface area contributed by atoms with Crippen LogP contribution < -0.4 is 10.0 Å². The highest BCUT2D eigenvalue weighted by atomic mass is 32.2. The quantitative estimate of drug-likeness (QED) is 0.825. The number of anilines is 1. The van der Waals surface area contributed by atoms with Crippen molar-refractivity contribution in [2.75, 3.05) is 4.72 Å². The van der Waals surface area contributed by atoms with Crippen molar-refractivity contribution in [1.29, 1.82) is 0 Å². The van der Waals surface area contributed by atoms with Crippen molar-refractivity contribution in [1.82, 2.24) is 20.5 Å². The molecule has 0 saturated heterocycles. The van der Waals surface area contributed by atoms with E-state index < -0.39 is 10.0 Å². The van der Waals surface area contributed by atoms with Gasteiger partial charge >= 0.3 is 0 Å². The average molecular weight is 311 g/mol. The molecular formula is C11H13N5O2S2. The van der Waals surface area contributed by atoms with Gasteiger partial charge in [-0.2, -0.15) is 5.10 Å². The van der Waals surface area contributed by atoms with Gasteiger partial charge < -0.3 is 5.32 Å². The number of nitrogens with zero attached hydrogens (tertiary/aromatic N) is 3. The molecule has 0 bridgehead atoms. The molecule has 0 atom stereocenters. The minimum atomic E-state index is -3.64. The molecule has 1 fully saturated rings. The smallest absolute Gasteiger partial charge is 0.273 e. The molecule has 7 nitrogen and oxygen atoms in total. The van der Waals surface area contributed by atoms with Crippen molar-refractivity contribution in [2.24, 2.45) is 0 Å². The molecule has 2 N–H and O–H groups in total. The third-order valence-electron chi connectivity index (χ3n) is 2.78. The van der Waals surface area contributed by atoms with Crippen molar-refractivity contribution in [3.63, 3.8) is 0 Å². The molecule has 1 aliphatic rings. The molecule has 9 heteroatoms. The Bertz CT molecular complexity index is 682. The Morgan fingerprint density at radius 1 is 1.35 bits per heavy atom. The molecule has 2 heterocycles. The summed E-state index contributed by atoms with van der Waals surface area (Å²) >= 11 is 1.18. The van der Waals surface area contributed by atoms with Gasteiger partial charge in [-0.1, -0.05) is 0 Å². The van der Waals surface area contributed by atoms with Gasteiger partial charge in [-0.15, -0.1) is 16.4 Å². The van der Waals surface area contributed by atoms with Crippen molar-refractivity contribution < 1.29 is 8.42 Å². The van der Waals surface area contributed by atoms with E-state index in [1.54, 1.807) is 6.07 Å². The molecule has 2 aromatic heterocycles. The second kappa shape index (κ2) is 5.43. The lowest BCUT2D eigenvalue weighted by molar-refractivity contribution is 0.602. The Labute approximate surface area is 120 Å². The van der Waals surface area contributed by atoms with Crippen LogP contribution in [0.15, 0.2) is 28.0 Å². The zero-order chi connectivity index (χ0) is 14.0. The van der Waals surface area contributed by atoms with Gasteiger partial charge in [0.2, 0.25) is 0 Å². The molecule has 0 aliphatic heterocycles. The van der Waals surface area contributed by atoms with Gasteiger partial charge in [-0.05, 0) is 29.9 Å². The lowest BCUT2D eigenvalue weighted by Crippen LogP contribution is -2.15. The molecule has 106 valence electrons. The van der Waals surface area contributed by atoms with E-state index in [-0.39, 0.29) is 10.2 Å². The van der Waals surface area contributed by atoms with Crippen molar-refractivity contribution in [3.8, 4) is 0 Å². The van der Waals surface area contributed by atoms with Crippen LogP contribution in [0.5, 0.6) is 0 Å². The first-order valence-corrected chi connectivity index (χ1v) is 8.47. The minimum absolute atomic E-state index is 0.0291. The van der Waals surface area contributed by atoms with Crippen LogP contribution in [-0.2, 0) is 16.6 Å². The van der Waals surface area contributed by atoms with E-state index in [2.05, 4.69) is 25.2 Å². The predicted molar refractivity (Wildman–Crippen MR) is 74.8 cm³/mol. The maximum atomic E-state index is 12.1. The van der Waals surface area contributed by atoms with E-state index in [0.717, 1.165) is 5.56 Å². The van der Waals surface area contributed by atoms with Crippen LogP contribution in [0.4, 0.5) is 5.95 Å². The standard InChI is InChI=1S/C11H13N5O2S2/c17-20(18,16-11-12-3-4-14-15-11)10-5-8(7-19-10)6-13-9-1-2-9/h3-5,7,9,13H,1-2,6H2,(H,12,15,16). The van der Waals surface area contributed by atoms with Gasteiger partial charge in [-0.3, -0.25) is 0 Å². The Morgan fingerprint density at radius 2 is 2.20 bits per heavy atom. The normalized spacial score (nSPS) is 15.2. The van der Waals surface area contributed by atoms with E-state index in [1.165, 1.54) is 36.6 Å². The summed E-state index contributed by atoms with van der Waals surface area (Å²) in [5.74, 6) is -0.0291. The second-order valence-electron chi connectivity index (χ2n) is 4.50. The number of aromatic nitrogens is 3. The molecule has 3 rings (SSSR count). The van der Waals surface area contributed by atoms with Gasteiger partial charge in [-0.25, -0.2) is 18.1 Å². The highest BCUT2D eigenvalue weighted by Gasteiger charge is 2.21. The van der Waals surface area contributed by atoms with Crippen LogP contribution in [0.1, 0.15) is 18.4 Å². The second-order valence-corrected chi connectivity index (χ2v) is 7.32. The molecular weight excluding hydrogens is 298 g/mol.